The fraction of sp³-hybridized carbons (Fsp3) is 0.333. The van der Waals surface area contributed by atoms with Gasteiger partial charge in [0.2, 0.25) is 0 Å². The molecule has 2 aromatic rings. The molecule has 0 bridgehead atoms. The highest BCUT2D eigenvalue weighted by molar-refractivity contribution is 9.10. The summed E-state index contributed by atoms with van der Waals surface area (Å²) >= 11 is 3.40. The molecule has 1 amide bonds. The van der Waals surface area contributed by atoms with Crippen LogP contribution in [0.15, 0.2) is 28.9 Å². The third-order valence-electron chi connectivity index (χ3n) is 3.92. The van der Waals surface area contributed by atoms with Crippen LogP contribution < -0.4 is 11.1 Å². The van der Waals surface area contributed by atoms with Gasteiger partial charge < -0.3 is 11.1 Å². The average molecular weight is 349 g/mol. The molecule has 3 rings (SSSR count). The molecule has 0 radical (unpaired) electrons. The number of benzene rings is 1. The van der Waals surface area contributed by atoms with E-state index in [0.29, 0.717) is 11.3 Å². The topological polar surface area (TPSA) is 72.9 Å². The molecule has 1 atom stereocenters. The summed E-state index contributed by atoms with van der Waals surface area (Å²) < 4.78 is 2.64. The van der Waals surface area contributed by atoms with Gasteiger partial charge in [-0.05, 0) is 53.4 Å². The van der Waals surface area contributed by atoms with Gasteiger partial charge in [-0.3, -0.25) is 9.48 Å². The second kappa shape index (κ2) is 5.52. The van der Waals surface area contributed by atoms with Crippen molar-refractivity contribution >= 4 is 27.5 Å². The summed E-state index contributed by atoms with van der Waals surface area (Å²) in [4.78, 5) is 12.5. The van der Waals surface area contributed by atoms with Crippen molar-refractivity contribution in [2.45, 2.75) is 25.3 Å². The van der Waals surface area contributed by atoms with Gasteiger partial charge in [-0.1, -0.05) is 0 Å². The number of nitrogen functional groups attached to an aromatic ring is 1. The number of aromatic nitrogens is 2. The SMILES string of the molecule is Cn1ncc2c1CCCC2NC(=O)c1cc(N)ccc1Br. The number of hydrogen-bond donors (Lipinski definition) is 2. The molecule has 3 N–H and O–H groups in total. The number of nitrogens with two attached hydrogens (primary N) is 1. The van der Waals surface area contributed by atoms with Crippen LogP contribution in [0.3, 0.4) is 0 Å². The largest absolute Gasteiger partial charge is 0.399 e. The molecule has 0 spiro atoms. The molecule has 0 saturated carbocycles. The first-order chi connectivity index (χ1) is 10.1. The molecule has 1 aliphatic rings. The normalized spacial score (nSPS) is 17.3. The number of fused-ring (bicyclic) bond motifs is 1. The highest BCUT2D eigenvalue weighted by atomic mass is 79.9. The zero-order valence-corrected chi connectivity index (χ0v) is 13.4. The van der Waals surface area contributed by atoms with E-state index in [0.717, 1.165) is 29.3 Å². The van der Waals surface area contributed by atoms with Crippen molar-refractivity contribution in [1.29, 1.82) is 0 Å². The van der Waals surface area contributed by atoms with Gasteiger partial charge in [0.15, 0.2) is 0 Å². The molecule has 1 unspecified atom stereocenters. The molecular formula is C15H17BrN4O. The zero-order chi connectivity index (χ0) is 15.0. The van der Waals surface area contributed by atoms with E-state index in [1.54, 1.807) is 18.2 Å². The van der Waals surface area contributed by atoms with Gasteiger partial charge in [0.25, 0.3) is 5.91 Å². The van der Waals surface area contributed by atoms with E-state index in [1.807, 2.05) is 17.9 Å². The number of carbonyl (C=O) groups excluding carboxylic acids is 1. The Morgan fingerprint density at radius 1 is 1.52 bits per heavy atom. The summed E-state index contributed by atoms with van der Waals surface area (Å²) in [5.41, 5.74) is 9.23. The molecule has 1 heterocycles. The van der Waals surface area contributed by atoms with Gasteiger partial charge in [0.1, 0.15) is 0 Å². The van der Waals surface area contributed by atoms with Crippen LogP contribution in [0, 0.1) is 0 Å². The fourth-order valence-electron chi connectivity index (χ4n) is 2.81. The maximum atomic E-state index is 12.5. The zero-order valence-electron chi connectivity index (χ0n) is 11.8. The van der Waals surface area contributed by atoms with Gasteiger partial charge in [0, 0.05) is 28.5 Å². The first-order valence-corrected chi connectivity index (χ1v) is 7.72. The number of nitrogens with one attached hydrogen (secondary N) is 1. The van der Waals surface area contributed by atoms with Crippen LogP contribution in [0.5, 0.6) is 0 Å². The highest BCUT2D eigenvalue weighted by Gasteiger charge is 2.25. The van der Waals surface area contributed by atoms with Crippen molar-refractivity contribution in [3.63, 3.8) is 0 Å². The van der Waals surface area contributed by atoms with Crippen molar-refractivity contribution in [3.05, 3.63) is 45.7 Å². The second-order valence-corrected chi connectivity index (χ2v) is 6.18. The summed E-state index contributed by atoms with van der Waals surface area (Å²) in [6, 6.07) is 5.26. The van der Waals surface area contributed by atoms with Crippen LogP contribution in [0.25, 0.3) is 0 Å². The summed E-state index contributed by atoms with van der Waals surface area (Å²) in [7, 11) is 1.94. The van der Waals surface area contributed by atoms with Gasteiger partial charge >= 0.3 is 0 Å². The Morgan fingerprint density at radius 2 is 2.33 bits per heavy atom. The van der Waals surface area contributed by atoms with Crippen LogP contribution in [0.2, 0.25) is 0 Å². The third kappa shape index (κ3) is 2.68. The molecule has 1 aromatic heterocycles. The number of carbonyl (C=O) groups is 1. The van der Waals surface area contributed by atoms with E-state index in [1.165, 1.54) is 5.69 Å². The number of nitrogens with zero attached hydrogens (tertiary/aromatic N) is 2. The summed E-state index contributed by atoms with van der Waals surface area (Å²) in [5, 5.41) is 7.39. The van der Waals surface area contributed by atoms with Crippen LogP contribution in [0.1, 0.15) is 40.5 Å². The van der Waals surface area contributed by atoms with Gasteiger partial charge in [0.05, 0.1) is 17.8 Å². The van der Waals surface area contributed by atoms with Crippen molar-refractivity contribution in [3.8, 4) is 0 Å². The standard InChI is InChI=1S/C15H17BrN4O/c1-20-14-4-2-3-13(11(14)8-18-20)19-15(21)10-7-9(17)5-6-12(10)16/h5-8,13H,2-4,17H2,1H3,(H,19,21). The Bertz CT molecular complexity index is 695. The number of anilines is 1. The van der Waals surface area contributed by atoms with Gasteiger partial charge in [-0.25, -0.2) is 0 Å². The minimum absolute atomic E-state index is 0.0169. The van der Waals surface area contributed by atoms with Gasteiger partial charge in [-0.2, -0.15) is 5.10 Å². The predicted octanol–water partition coefficient (Wildman–Crippen LogP) is 2.57. The molecule has 1 aliphatic carbocycles. The first-order valence-electron chi connectivity index (χ1n) is 6.93. The van der Waals surface area contributed by atoms with Crippen molar-refractivity contribution < 1.29 is 4.79 Å². The van der Waals surface area contributed by atoms with Crippen molar-refractivity contribution in [2.24, 2.45) is 7.05 Å². The molecule has 5 nitrogen and oxygen atoms in total. The number of aryl methyl sites for hydroxylation is 1. The Labute approximate surface area is 131 Å². The third-order valence-corrected chi connectivity index (χ3v) is 4.61. The van der Waals surface area contributed by atoms with Crippen LogP contribution >= 0.6 is 15.9 Å². The quantitative estimate of drug-likeness (QED) is 0.819. The minimum atomic E-state index is -0.115. The van der Waals surface area contributed by atoms with E-state index in [4.69, 9.17) is 5.73 Å². The minimum Gasteiger partial charge on any atom is -0.399 e. The van der Waals surface area contributed by atoms with E-state index < -0.39 is 0 Å². The maximum absolute atomic E-state index is 12.5. The van der Waals surface area contributed by atoms with E-state index in [2.05, 4.69) is 26.3 Å². The Kier molecular flexibility index (Phi) is 3.71. The molecular weight excluding hydrogens is 332 g/mol. The molecule has 0 aliphatic heterocycles. The summed E-state index contributed by atoms with van der Waals surface area (Å²) in [6.07, 6.45) is 4.86. The Balaban J connectivity index is 1.84. The number of rotatable bonds is 2. The monoisotopic (exact) mass is 348 g/mol. The summed E-state index contributed by atoms with van der Waals surface area (Å²) in [6.45, 7) is 0. The summed E-state index contributed by atoms with van der Waals surface area (Å²) in [5.74, 6) is -0.115. The molecule has 21 heavy (non-hydrogen) atoms. The Morgan fingerprint density at radius 3 is 3.14 bits per heavy atom. The first kappa shape index (κ1) is 14.1. The van der Waals surface area contributed by atoms with Crippen molar-refractivity contribution in [2.75, 3.05) is 5.73 Å². The van der Waals surface area contributed by atoms with Crippen molar-refractivity contribution in [1.82, 2.24) is 15.1 Å². The molecule has 0 fully saturated rings. The highest BCUT2D eigenvalue weighted by Crippen LogP contribution is 2.30. The fourth-order valence-corrected chi connectivity index (χ4v) is 3.24. The molecule has 6 heteroatoms. The lowest BCUT2D eigenvalue weighted by Crippen LogP contribution is -2.31. The van der Waals surface area contributed by atoms with Crippen LogP contribution in [-0.4, -0.2) is 15.7 Å². The van der Waals surface area contributed by atoms with Crippen LogP contribution in [0.4, 0.5) is 5.69 Å². The lowest BCUT2D eigenvalue weighted by molar-refractivity contribution is 0.0932. The Hall–Kier alpha value is -1.82. The number of amides is 1. The predicted molar refractivity (Wildman–Crippen MR) is 84.9 cm³/mol. The van der Waals surface area contributed by atoms with Crippen LogP contribution in [-0.2, 0) is 13.5 Å². The number of halogens is 1. The maximum Gasteiger partial charge on any atom is 0.252 e. The lowest BCUT2D eigenvalue weighted by Gasteiger charge is -2.24. The molecule has 0 saturated heterocycles. The second-order valence-electron chi connectivity index (χ2n) is 5.33. The van der Waals surface area contributed by atoms with Gasteiger partial charge in [-0.15, -0.1) is 0 Å². The van der Waals surface area contributed by atoms with E-state index in [9.17, 15) is 4.79 Å². The van der Waals surface area contributed by atoms with E-state index >= 15 is 0 Å². The average Bonchev–Trinajstić information content (AvgIpc) is 2.84. The van der Waals surface area contributed by atoms with E-state index in [-0.39, 0.29) is 11.9 Å². The molecule has 110 valence electrons. The molecule has 1 aromatic carbocycles. The number of hydrogen-bond acceptors (Lipinski definition) is 3. The smallest absolute Gasteiger partial charge is 0.252 e. The lowest BCUT2D eigenvalue weighted by atomic mass is 9.92.